The maximum absolute atomic E-state index is 12.4. The second-order valence-corrected chi connectivity index (χ2v) is 5.71. The fourth-order valence-corrected chi connectivity index (χ4v) is 2.75. The van der Waals surface area contributed by atoms with Crippen LogP contribution >= 0.6 is 15.9 Å². The third kappa shape index (κ3) is 3.61. The van der Waals surface area contributed by atoms with Gasteiger partial charge in [0.2, 0.25) is 5.91 Å². The Morgan fingerprint density at radius 2 is 2.00 bits per heavy atom. The second kappa shape index (κ2) is 6.72. The Kier molecular flexibility index (Phi) is 4.96. The van der Waals surface area contributed by atoms with Crippen molar-refractivity contribution < 1.29 is 4.79 Å². The highest BCUT2D eigenvalue weighted by Gasteiger charge is 2.18. The van der Waals surface area contributed by atoms with Gasteiger partial charge in [-0.2, -0.15) is 0 Å². The van der Waals surface area contributed by atoms with Crippen LogP contribution in [0.4, 0.5) is 5.69 Å². The van der Waals surface area contributed by atoms with Crippen LogP contribution in [0.3, 0.4) is 0 Å². The van der Waals surface area contributed by atoms with E-state index in [1.165, 1.54) is 4.57 Å². The Hall–Kier alpha value is -1.88. The molecule has 0 aliphatic rings. The number of amides is 1. The lowest BCUT2D eigenvalue weighted by atomic mass is 9.95. The largest absolute Gasteiger partial charge is 0.324 e. The van der Waals surface area contributed by atoms with E-state index in [4.69, 9.17) is 0 Å². The van der Waals surface area contributed by atoms with Gasteiger partial charge in [-0.1, -0.05) is 37.3 Å². The normalized spacial score (nSPS) is 12.0. The molecule has 0 saturated carbocycles. The molecular weight excluding hydrogens is 332 g/mol. The first-order chi connectivity index (χ1) is 10.0. The Bertz CT molecular complexity index is 669. The molecule has 1 aromatic carbocycles. The van der Waals surface area contributed by atoms with E-state index in [2.05, 4.69) is 21.2 Å². The van der Waals surface area contributed by atoms with Gasteiger partial charge in [0.05, 0.1) is 16.1 Å². The van der Waals surface area contributed by atoms with E-state index in [-0.39, 0.29) is 17.4 Å². The van der Waals surface area contributed by atoms with E-state index in [0.717, 1.165) is 5.56 Å². The summed E-state index contributed by atoms with van der Waals surface area (Å²) in [6.45, 7) is 1.98. The van der Waals surface area contributed by atoms with Crippen LogP contribution in [-0.4, -0.2) is 10.5 Å². The molecule has 0 spiro atoms. The molecule has 5 heteroatoms. The summed E-state index contributed by atoms with van der Waals surface area (Å²) in [6.07, 6.45) is 2.32. The number of hydrogen-bond acceptors (Lipinski definition) is 2. The SMILES string of the molecule is CC[C@@H](C(=O)Nc1cc(Br)c(=O)n(C)c1)c1ccccc1. The van der Waals surface area contributed by atoms with Gasteiger partial charge < -0.3 is 9.88 Å². The van der Waals surface area contributed by atoms with Gasteiger partial charge >= 0.3 is 0 Å². The summed E-state index contributed by atoms with van der Waals surface area (Å²) in [7, 11) is 1.65. The predicted octanol–water partition coefficient (Wildman–Crippen LogP) is 3.28. The molecular formula is C16H17BrN2O2. The maximum Gasteiger partial charge on any atom is 0.264 e. The number of nitrogens with zero attached hydrogens (tertiary/aromatic N) is 1. The van der Waals surface area contributed by atoms with Crippen molar-refractivity contribution in [2.45, 2.75) is 19.3 Å². The van der Waals surface area contributed by atoms with Crippen molar-refractivity contribution in [1.29, 1.82) is 0 Å². The molecule has 0 radical (unpaired) electrons. The smallest absolute Gasteiger partial charge is 0.264 e. The molecule has 2 rings (SSSR count). The zero-order chi connectivity index (χ0) is 15.4. The van der Waals surface area contributed by atoms with Gasteiger partial charge in [-0.25, -0.2) is 0 Å². The molecule has 2 aromatic rings. The minimum Gasteiger partial charge on any atom is -0.324 e. The molecule has 0 aliphatic heterocycles. The minimum absolute atomic E-state index is 0.0748. The fourth-order valence-electron chi connectivity index (χ4n) is 2.23. The molecule has 1 atom stereocenters. The van der Waals surface area contributed by atoms with Crippen molar-refractivity contribution in [3.05, 3.63) is 63.0 Å². The van der Waals surface area contributed by atoms with Crippen LogP contribution in [0.1, 0.15) is 24.8 Å². The predicted molar refractivity (Wildman–Crippen MR) is 87.5 cm³/mol. The van der Waals surface area contributed by atoms with E-state index in [0.29, 0.717) is 16.6 Å². The van der Waals surface area contributed by atoms with Crippen LogP contribution < -0.4 is 10.9 Å². The maximum atomic E-state index is 12.4. The third-order valence-electron chi connectivity index (χ3n) is 3.33. The molecule has 0 bridgehead atoms. The standard InChI is InChI=1S/C16H17BrN2O2/c1-3-13(11-7-5-4-6-8-11)15(20)18-12-9-14(17)16(21)19(2)10-12/h4-10,13H,3H2,1-2H3,(H,18,20)/t13-/m1/s1. The minimum atomic E-state index is -0.206. The summed E-state index contributed by atoms with van der Waals surface area (Å²) in [4.78, 5) is 24.1. The zero-order valence-electron chi connectivity index (χ0n) is 12.0. The number of halogens is 1. The monoisotopic (exact) mass is 348 g/mol. The number of nitrogens with one attached hydrogen (secondary N) is 1. The topological polar surface area (TPSA) is 51.1 Å². The van der Waals surface area contributed by atoms with Crippen LogP contribution in [-0.2, 0) is 11.8 Å². The summed E-state index contributed by atoms with van der Waals surface area (Å²) in [5, 5.41) is 2.87. The Labute approximate surface area is 131 Å². The average molecular weight is 349 g/mol. The van der Waals surface area contributed by atoms with Crippen LogP contribution in [0.25, 0.3) is 0 Å². The van der Waals surface area contributed by atoms with Crippen LogP contribution in [0.2, 0.25) is 0 Å². The van der Waals surface area contributed by atoms with E-state index in [1.54, 1.807) is 19.3 Å². The number of carbonyl (C=O) groups excluding carboxylic acids is 1. The lowest BCUT2D eigenvalue weighted by Crippen LogP contribution is -2.23. The van der Waals surface area contributed by atoms with Gasteiger partial charge in [0, 0.05) is 13.2 Å². The third-order valence-corrected chi connectivity index (χ3v) is 3.90. The molecule has 1 aromatic heterocycles. The summed E-state index contributed by atoms with van der Waals surface area (Å²) in [6, 6.07) is 11.3. The highest BCUT2D eigenvalue weighted by atomic mass is 79.9. The number of benzene rings is 1. The summed E-state index contributed by atoms with van der Waals surface area (Å²) in [5.41, 5.74) is 1.45. The first-order valence-electron chi connectivity index (χ1n) is 6.75. The second-order valence-electron chi connectivity index (χ2n) is 4.85. The molecule has 1 amide bonds. The fraction of sp³-hybridized carbons (Fsp3) is 0.250. The van der Waals surface area contributed by atoms with Crippen LogP contribution in [0, 0.1) is 0 Å². The highest BCUT2D eigenvalue weighted by Crippen LogP contribution is 2.22. The average Bonchev–Trinajstić information content (AvgIpc) is 2.46. The van der Waals surface area contributed by atoms with Crippen molar-refractivity contribution in [3.8, 4) is 0 Å². The summed E-state index contributed by atoms with van der Waals surface area (Å²) in [5.74, 6) is -0.281. The molecule has 1 N–H and O–H groups in total. The molecule has 4 nitrogen and oxygen atoms in total. The van der Waals surface area contributed by atoms with Gasteiger partial charge in [-0.15, -0.1) is 0 Å². The van der Waals surface area contributed by atoms with Crippen molar-refractivity contribution >= 4 is 27.5 Å². The number of anilines is 1. The molecule has 0 saturated heterocycles. The Morgan fingerprint density at radius 3 is 2.57 bits per heavy atom. The first-order valence-corrected chi connectivity index (χ1v) is 7.54. The number of rotatable bonds is 4. The molecule has 110 valence electrons. The number of pyridine rings is 1. The lowest BCUT2D eigenvalue weighted by Gasteiger charge is -2.16. The molecule has 0 aliphatic carbocycles. The first kappa shape index (κ1) is 15.5. The van der Waals surface area contributed by atoms with Gasteiger partial charge in [0.15, 0.2) is 0 Å². The van der Waals surface area contributed by atoms with E-state index < -0.39 is 0 Å². The molecule has 1 heterocycles. The Morgan fingerprint density at radius 1 is 1.33 bits per heavy atom. The number of aryl methyl sites for hydroxylation is 1. The van der Waals surface area contributed by atoms with Crippen LogP contribution in [0.15, 0.2) is 51.9 Å². The van der Waals surface area contributed by atoms with E-state index in [1.807, 2.05) is 37.3 Å². The number of aromatic nitrogens is 1. The van der Waals surface area contributed by atoms with Gasteiger partial charge in [0.1, 0.15) is 0 Å². The van der Waals surface area contributed by atoms with Gasteiger partial charge in [0.25, 0.3) is 5.56 Å². The van der Waals surface area contributed by atoms with Crippen LogP contribution in [0.5, 0.6) is 0 Å². The van der Waals surface area contributed by atoms with Gasteiger partial charge in [-0.3, -0.25) is 9.59 Å². The number of hydrogen-bond donors (Lipinski definition) is 1. The number of carbonyl (C=O) groups is 1. The Balaban J connectivity index is 2.23. The lowest BCUT2D eigenvalue weighted by molar-refractivity contribution is -0.117. The molecule has 21 heavy (non-hydrogen) atoms. The quantitative estimate of drug-likeness (QED) is 0.921. The highest BCUT2D eigenvalue weighted by molar-refractivity contribution is 9.10. The zero-order valence-corrected chi connectivity index (χ0v) is 13.6. The van der Waals surface area contributed by atoms with Crippen molar-refractivity contribution in [2.75, 3.05) is 5.32 Å². The van der Waals surface area contributed by atoms with E-state index in [9.17, 15) is 9.59 Å². The molecule has 0 unspecified atom stereocenters. The van der Waals surface area contributed by atoms with Gasteiger partial charge in [-0.05, 0) is 34.0 Å². The van der Waals surface area contributed by atoms with Crippen molar-refractivity contribution in [3.63, 3.8) is 0 Å². The van der Waals surface area contributed by atoms with E-state index >= 15 is 0 Å². The summed E-state index contributed by atoms with van der Waals surface area (Å²) < 4.78 is 1.86. The summed E-state index contributed by atoms with van der Waals surface area (Å²) >= 11 is 3.20. The van der Waals surface area contributed by atoms with Crippen molar-refractivity contribution in [2.24, 2.45) is 7.05 Å². The molecule has 0 fully saturated rings. The van der Waals surface area contributed by atoms with Crippen molar-refractivity contribution in [1.82, 2.24) is 4.57 Å².